The SMILES string of the molecule is C/C=C(\c1ccc(OCC)cc1)c1ccc(N2CCCC2)cc1. The van der Waals surface area contributed by atoms with Crippen LogP contribution < -0.4 is 9.64 Å². The van der Waals surface area contributed by atoms with Gasteiger partial charge < -0.3 is 9.64 Å². The van der Waals surface area contributed by atoms with E-state index in [-0.39, 0.29) is 0 Å². The summed E-state index contributed by atoms with van der Waals surface area (Å²) in [6, 6.07) is 17.3. The lowest BCUT2D eigenvalue weighted by Crippen LogP contribution is -2.17. The molecule has 23 heavy (non-hydrogen) atoms. The van der Waals surface area contributed by atoms with Crippen LogP contribution in [0.25, 0.3) is 5.57 Å². The van der Waals surface area contributed by atoms with Crippen LogP contribution in [0.4, 0.5) is 5.69 Å². The lowest BCUT2D eigenvalue weighted by Gasteiger charge is -2.18. The molecule has 1 heterocycles. The number of allylic oxidation sites excluding steroid dienone is 1. The first-order valence-corrected chi connectivity index (χ1v) is 8.56. The molecule has 3 rings (SSSR count). The molecule has 0 bridgehead atoms. The Morgan fingerprint density at radius 2 is 1.52 bits per heavy atom. The number of rotatable bonds is 5. The number of ether oxygens (including phenoxy) is 1. The van der Waals surface area contributed by atoms with E-state index in [1.807, 2.05) is 19.1 Å². The van der Waals surface area contributed by atoms with Gasteiger partial charge in [0.1, 0.15) is 5.75 Å². The molecular formula is C21H25NO. The average Bonchev–Trinajstić information content (AvgIpc) is 3.13. The highest BCUT2D eigenvalue weighted by molar-refractivity contribution is 5.80. The molecule has 1 saturated heterocycles. The van der Waals surface area contributed by atoms with Crippen LogP contribution in [0.2, 0.25) is 0 Å². The van der Waals surface area contributed by atoms with Gasteiger partial charge in [-0.25, -0.2) is 0 Å². The first-order chi connectivity index (χ1) is 11.3. The second-order valence-corrected chi connectivity index (χ2v) is 5.90. The minimum Gasteiger partial charge on any atom is -0.494 e. The van der Waals surface area contributed by atoms with Crippen molar-refractivity contribution < 1.29 is 4.74 Å². The first kappa shape index (κ1) is 15.7. The van der Waals surface area contributed by atoms with E-state index in [0.717, 1.165) is 5.75 Å². The normalized spacial score (nSPS) is 15.0. The van der Waals surface area contributed by atoms with Gasteiger partial charge in [-0.1, -0.05) is 30.3 Å². The summed E-state index contributed by atoms with van der Waals surface area (Å²) in [5, 5.41) is 0. The smallest absolute Gasteiger partial charge is 0.119 e. The van der Waals surface area contributed by atoms with Crippen molar-refractivity contribution in [1.82, 2.24) is 0 Å². The maximum Gasteiger partial charge on any atom is 0.119 e. The average molecular weight is 307 g/mol. The molecule has 2 aromatic rings. The number of benzene rings is 2. The van der Waals surface area contributed by atoms with E-state index >= 15 is 0 Å². The van der Waals surface area contributed by atoms with E-state index in [2.05, 4.69) is 54.3 Å². The third-order valence-corrected chi connectivity index (χ3v) is 4.41. The second kappa shape index (κ2) is 7.36. The van der Waals surface area contributed by atoms with Gasteiger partial charge in [0.05, 0.1) is 6.61 Å². The Morgan fingerprint density at radius 3 is 2.04 bits per heavy atom. The van der Waals surface area contributed by atoms with Gasteiger partial charge >= 0.3 is 0 Å². The fourth-order valence-electron chi connectivity index (χ4n) is 3.22. The lowest BCUT2D eigenvalue weighted by molar-refractivity contribution is 0.340. The van der Waals surface area contributed by atoms with Gasteiger partial charge in [-0.15, -0.1) is 0 Å². The molecule has 0 N–H and O–H groups in total. The number of anilines is 1. The predicted octanol–water partition coefficient (Wildman–Crippen LogP) is 5.14. The second-order valence-electron chi connectivity index (χ2n) is 5.90. The third kappa shape index (κ3) is 3.58. The molecule has 1 fully saturated rings. The Labute approximate surface area is 139 Å². The van der Waals surface area contributed by atoms with Crippen molar-refractivity contribution in [2.24, 2.45) is 0 Å². The van der Waals surface area contributed by atoms with Gasteiger partial charge in [-0.3, -0.25) is 0 Å². The number of hydrogen-bond donors (Lipinski definition) is 0. The lowest BCUT2D eigenvalue weighted by atomic mass is 9.97. The highest BCUT2D eigenvalue weighted by atomic mass is 16.5. The first-order valence-electron chi connectivity index (χ1n) is 8.56. The van der Waals surface area contributed by atoms with Gasteiger partial charge in [0, 0.05) is 18.8 Å². The quantitative estimate of drug-likeness (QED) is 0.758. The molecule has 2 nitrogen and oxygen atoms in total. The fourth-order valence-corrected chi connectivity index (χ4v) is 3.22. The van der Waals surface area contributed by atoms with Crippen molar-refractivity contribution in [2.45, 2.75) is 26.7 Å². The van der Waals surface area contributed by atoms with Crippen molar-refractivity contribution in [2.75, 3.05) is 24.6 Å². The number of hydrogen-bond acceptors (Lipinski definition) is 2. The highest BCUT2D eigenvalue weighted by Crippen LogP contribution is 2.28. The van der Waals surface area contributed by atoms with Crippen molar-refractivity contribution in [3.05, 3.63) is 65.7 Å². The topological polar surface area (TPSA) is 12.5 Å². The molecule has 1 aliphatic rings. The molecule has 0 amide bonds. The summed E-state index contributed by atoms with van der Waals surface area (Å²) >= 11 is 0. The van der Waals surface area contributed by atoms with E-state index < -0.39 is 0 Å². The van der Waals surface area contributed by atoms with Crippen LogP contribution in [0.15, 0.2) is 54.6 Å². The van der Waals surface area contributed by atoms with Gasteiger partial charge in [-0.05, 0) is 67.7 Å². The van der Waals surface area contributed by atoms with Crippen molar-refractivity contribution >= 4 is 11.3 Å². The van der Waals surface area contributed by atoms with Crippen LogP contribution in [0, 0.1) is 0 Å². The zero-order valence-electron chi connectivity index (χ0n) is 14.1. The Bertz CT molecular complexity index is 649. The van der Waals surface area contributed by atoms with Crippen molar-refractivity contribution in [3.63, 3.8) is 0 Å². The molecule has 1 aliphatic heterocycles. The van der Waals surface area contributed by atoms with E-state index in [1.165, 1.54) is 48.3 Å². The van der Waals surface area contributed by atoms with Crippen molar-refractivity contribution in [1.29, 1.82) is 0 Å². The van der Waals surface area contributed by atoms with Gasteiger partial charge in [-0.2, -0.15) is 0 Å². The maximum atomic E-state index is 5.53. The summed E-state index contributed by atoms with van der Waals surface area (Å²) in [6.45, 7) is 7.19. The van der Waals surface area contributed by atoms with Crippen LogP contribution in [-0.2, 0) is 0 Å². The Kier molecular flexibility index (Phi) is 5.02. The molecule has 2 aromatic carbocycles. The largest absolute Gasteiger partial charge is 0.494 e. The molecule has 0 saturated carbocycles. The van der Waals surface area contributed by atoms with E-state index in [0.29, 0.717) is 6.61 Å². The maximum absolute atomic E-state index is 5.53. The van der Waals surface area contributed by atoms with E-state index in [9.17, 15) is 0 Å². The number of nitrogens with zero attached hydrogens (tertiary/aromatic N) is 1. The monoisotopic (exact) mass is 307 g/mol. The zero-order chi connectivity index (χ0) is 16.1. The minimum atomic E-state index is 0.702. The van der Waals surface area contributed by atoms with E-state index in [4.69, 9.17) is 4.74 Å². The van der Waals surface area contributed by atoms with Gasteiger partial charge in [0.2, 0.25) is 0 Å². The Hall–Kier alpha value is -2.22. The summed E-state index contributed by atoms with van der Waals surface area (Å²) in [7, 11) is 0. The summed E-state index contributed by atoms with van der Waals surface area (Å²) in [6.07, 6.45) is 4.81. The van der Waals surface area contributed by atoms with Crippen LogP contribution in [0.5, 0.6) is 5.75 Å². The molecule has 0 aromatic heterocycles. The zero-order valence-corrected chi connectivity index (χ0v) is 14.1. The minimum absolute atomic E-state index is 0.702. The summed E-state index contributed by atoms with van der Waals surface area (Å²) < 4.78 is 5.53. The summed E-state index contributed by atoms with van der Waals surface area (Å²) in [5.74, 6) is 0.927. The summed E-state index contributed by atoms with van der Waals surface area (Å²) in [5.41, 5.74) is 5.10. The Balaban J connectivity index is 1.80. The molecule has 0 atom stereocenters. The van der Waals surface area contributed by atoms with Gasteiger partial charge in [0.25, 0.3) is 0 Å². The molecule has 120 valence electrons. The molecule has 0 radical (unpaired) electrons. The van der Waals surface area contributed by atoms with E-state index in [1.54, 1.807) is 0 Å². The predicted molar refractivity (Wildman–Crippen MR) is 98.3 cm³/mol. The molecular weight excluding hydrogens is 282 g/mol. The van der Waals surface area contributed by atoms with Crippen LogP contribution >= 0.6 is 0 Å². The van der Waals surface area contributed by atoms with Crippen molar-refractivity contribution in [3.8, 4) is 5.75 Å². The molecule has 0 spiro atoms. The standard InChI is InChI=1S/C21H25NO/c1-3-21(18-9-13-20(14-10-18)23-4-2)17-7-11-19(12-8-17)22-15-5-6-16-22/h3,7-14H,4-6,15-16H2,1-2H3/b21-3-. The highest BCUT2D eigenvalue weighted by Gasteiger charge is 2.12. The van der Waals surface area contributed by atoms with Crippen LogP contribution in [0.3, 0.4) is 0 Å². The third-order valence-electron chi connectivity index (χ3n) is 4.41. The molecule has 2 heteroatoms. The van der Waals surface area contributed by atoms with Crippen LogP contribution in [-0.4, -0.2) is 19.7 Å². The fraction of sp³-hybridized carbons (Fsp3) is 0.333. The molecule has 0 aliphatic carbocycles. The summed E-state index contributed by atoms with van der Waals surface area (Å²) in [4.78, 5) is 2.47. The van der Waals surface area contributed by atoms with Gasteiger partial charge in [0.15, 0.2) is 0 Å². The Morgan fingerprint density at radius 1 is 0.957 bits per heavy atom. The van der Waals surface area contributed by atoms with Crippen LogP contribution in [0.1, 0.15) is 37.8 Å². The molecule has 0 unspecified atom stereocenters.